The van der Waals surface area contributed by atoms with E-state index in [0.717, 1.165) is 36.8 Å². The van der Waals surface area contributed by atoms with Gasteiger partial charge in [0.15, 0.2) is 0 Å². The lowest BCUT2D eigenvalue weighted by Gasteiger charge is -2.30. The maximum Gasteiger partial charge on any atom is 0.271 e. The van der Waals surface area contributed by atoms with Gasteiger partial charge in [0.25, 0.3) is 5.91 Å². The van der Waals surface area contributed by atoms with Crippen molar-refractivity contribution in [3.63, 3.8) is 0 Å². The van der Waals surface area contributed by atoms with E-state index in [0.29, 0.717) is 12.2 Å². The van der Waals surface area contributed by atoms with Crippen LogP contribution < -0.4 is 10.2 Å². The number of para-hydroxylation sites is 1. The number of H-pyrrole nitrogens is 1. The van der Waals surface area contributed by atoms with E-state index in [9.17, 15) is 4.79 Å². The SMILES string of the molecule is CC1CCN(c2cnc(C(=O)NCCc3c[nH]c4ccccc34)cn2)CC1. The number of carbonyl (C=O) groups is 1. The van der Waals surface area contributed by atoms with Crippen LogP contribution in [0.4, 0.5) is 5.82 Å². The minimum absolute atomic E-state index is 0.179. The smallest absolute Gasteiger partial charge is 0.271 e. The molecule has 27 heavy (non-hydrogen) atoms. The van der Waals surface area contributed by atoms with Crippen molar-refractivity contribution in [2.24, 2.45) is 5.92 Å². The van der Waals surface area contributed by atoms with E-state index < -0.39 is 0 Å². The molecule has 0 spiro atoms. The molecule has 1 aromatic carbocycles. The summed E-state index contributed by atoms with van der Waals surface area (Å²) in [5, 5.41) is 4.14. The molecule has 6 nitrogen and oxygen atoms in total. The number of hydrogen-bond acceptors (Lipinski definition) is 4. The van der Waals surface area contributed by atoms with Crippen molar-refractivity contribution in [1.29, 1.82) is 0 Å². The fourth-order valence-electron chi connectivity index (χ4n) is 3.58. The molecule has 3 heterocycles. The van der Waals surface area contributed by atoms with E-state index in [1.807, 2.05) is 18.3 Å². The molecular weight excluding hydrogens is 338 g/mol. The third-order valence-electron chi connectivity index (χ3n) is 5.33. The summed E-state index contributed by atoms with van der Waals surface area (Å²) in [6.45, 7) is 4.86. The highest BCUT2D eigenvalue weighted by Gasteiger charge is 2.17. The number of nitrogens with one attached hydrogen (secondary N) is 2. The molecular formula is C21H25N5O. The highest BCUT2D eigenvalue weighted by atomic mass is 16.1. The van der Waals surface area contributed by atoms with Gasteiger partial charge >= 0.3 is 0 Å². The molecule has 1 fully saturated rings. The highest BCUT2D eigenvalue weighted by Crippen LogP contribution is 2.20. The Bertz CT molecular complexity index is 910. The van der Waals surface area contributed by atoms with Gasteiger partial charge in [0.2, 0.25) is 0 Å². The van der Waals surface area contributed by atoms with E-state index in [4.69, 9.17) is 0 Å². The van der Waals surface area contributed by atoms with Crippen LogP contribution in [0.25, 0.3) is 10.9 Å². The van der Waals surface area contributed by atoms with Crippen LogP contribution in [0, 0.1) is 5.92 Å². The molecule has 1 aliphatic heterocycles. The summed E-state index contributed by atoms with van der Waals surface area (Å²) in [6, 6.07) is 8.18. The summed E-state index contributed by atoms with van der Waals surface area (Å²) >= 11 is 0. The maximum absolute atomic E-state index is 12.3. The quantitative estimate of drug-likeness (QED) is 0.730. The van der Waals surface area contributed by atoms with Crippen molar-refractivity contribution < 1.29 is 4.79 Å². The molecule has 6 heteroatoms. The molecule has 140 valence electrons. The van der Waals surface area contributed by atoms with Gasteiger partial charge in [-0.15, -0.1) is 0 Å². The van der Waals surface area contributed by atoms with Gasteiger partial charge in [0, 0.05) is 36.7 Å². The zero-order valence-corrected chi connectivity index (χ0v) is 15.6. The first-order valence-corrected chi connectivity index (χ1v) is 9.61. The standard InChI is InChI=1S/C21H25N5O/c1-15-7-10-26(11-8-15)20-14-24-19(13-25-20)21(27)22-9-6-16-12-23-18-5-3-2-4-17(16)18/h2-5,12-15,23H,6-11H2,1H3,(H,22,27). The Kier molecular flexibility index (Phi) is 5.05. The van der Waals surface area contributed by atoms with Gasteiger partial charge in [0.05, 0.1) is 12.4 Å². The van der Waals surface area contributed by atoms with Crippen LogP contribution in [0.3, 0.4) is 0 Å². The number of benzene rings is 1. The fraction of sp³-hybridized carbons (Fsp3) is 0.381. The molecule has 2 N–H and O–H groups in total. The van der Waals surface area contributed by atoms with Crippen molar-refractivity contribution in [3.05, 3.63) is 54.1 Å². The van der Waals surface area contributed by atoms with Crippen LogP contribution in [0.1, 0.15) is 35.8 Å². The summed E-state index contributed by atoms with van der Waals surface area (Å²) in [5.74, 6) is 1.45. The normalized spacial score (nSPS) is 15.2. The number of amides is 1. The Morgan fingerprint density at radius 2 is 2.04 bits per heavy atom. The van der Waals surface area contributed by atoms with E-state index in [2.05, 4.69) is 44.2 Å². The van der Waals surface area contributed by atoms with Crippen LogP contribution in [-0.2, 0) is 6.42 Å². The zero-order valence-electron chi connectivity index (χ0n) is 15.6. The summed E-state index contributed by atoms with van der Waals surface area (Å²) in [6.07, 6.45) is 8.42. The number of hydrogen-bond donors (Lipinski definition) is 2. The van der Waals surface area contributed by atoms with Crippen LogP contribution >= 0.6 is 0 Å². The van der Waals surface area contributed by atoms with Gasteiger partial charge in [0.1, 0.15) is 11.5 Å². The average molecular weight is 363 g/mol. The molecule has 0 saturated carbocycles. The number of anilines is 1. The van der Waals surface area contributed by atoms with E-state index in [1.165, 1.54) is 23.8 Å². The van der Waals surface area contributed by atoms with Gasteiger partial charge in [-0.05, 0) is 36.8 Å². The lowest BCUT2D eigenvalue weighted by atomic mass is 9.99. The van der Waals surface area contributed by atoms with Gasteiger partial charge in [-0.25, -0.2) is 9.97 Å². The Morgan fingerprint density at radius 3 is 2.81 bits per heavy atom. The molecule has 0 aliphatic carbocycles. The first-order valence-electron chi connectivity index (χ1n) is 9.61. The Hall–Kier alpha value is -2.89. The molecule has 4 rings (SSSR count). The number of aromatic amines is 1. The van der Waals surface area contributed by atoms with Crippen LogP contribution in [-0.4, -0.2) is 40.5 Å². The van der Waals surface area contributed by atoms with Gasteiger partial charge in [-0.1, -0.05) is 25.1 Å². The van der Waals surface area contributed by atoms with Crippen molar-refractivity contribution in [1.82, 2.24) is 20.3 Å². The number of piperidine rings is 1. The van der Waals surface area contributed by atoms with E-state index >= 15 is 0 Å². The second-order valence-corrected chi connectivity index (χ2v) is 7.29. The second-order valence-electron chi connectivity index (χ2n) is 7.29. The van der Waals surface area contributed by atoms with Crippen LogP contribution in [0.2, 0.25) is 0 Å². The van der Waals surface area contributed by atoms with Crippen molar-refractivity contribution in [2.75, 3.05) is 24.5 Å². The Balaban J connectivity index is 1.32. The van der Waals surface area contributed by atoms with E-state index in [-0.39, 0.29) is 5.91 Å². The topological polar surface area (TPSA) is 73.9 Å². The lowest BCUT2D eigenvalue weighted by Crippen LogP contribution is -2.33. The minimum atomic E-state index is -0.179. The third-order valence-corrected chi connectivity index (χ3v) is 5.33. The number of rotatable bonds is 5. The molecule has 0 unspecified atom stereocenters. The number of fused-ring (bicyclic) bond motifs is 1. The van der Waals surface area contributed by atoms with Crippen LogP contribution in [0.15, 0.2) is 42.9 Å². The lowest BCUT2D eigenvalue weighted by molar-refractivity contribution is 0.0949. The maximum atomic E-state index is 12.3. The second kappa shape index (κ2) is 7.78. The third kappa shape index (κ3) is 3.94. The predicted octanol–water partition coefficient (Wildman–Crippen LogP) is 3.17. The first kappa shape index (κ1) is 17.5. The molecule has 3 aromatic rings. The first-order chi connectivity index (χ1) is 13.2. The number of carbonyl (C=O) groups excluding carboxylic acids is 1. The van der Waals surface area contributed by atoms with Gasteiger partial charge in [-0.2, -0.15) is 0 Å². The summed E-state index contributed by atoms with van der Waals surface area (Å²) in [4.78, 5) is 26.6. The minimum Gasteiger partial charge on any atom is -0.361 e. The Labute approximate surface area is 159 Å². The summed E-state index contributed by atoms with van der Waals surface area (Å²) < 4.78 is 0. The van der Waals surface area contributed by atoms with E-state index in [1.54, 1.807) is 12.4 Å². The average Bonchev–Trinajstić information content (AvgIpc) is 3.12. The molecule has 1 amide bonds. The van der Waals surface area contributed by atoms with Crippen molar-refractivity contribution >= 4 is 22.6 Å². The summed E-state index contributed by atoms with van der Waals surface area (Å²) in [7, 11) is 0. The largest absolute Gasteiger partial charge is 0.361 e. The summed E-state index contributed by atoms with van der Waals surface area (Å²) in [5.41, 5.74) is 2.68. The molecule has 1 aliphatic rings. The predicted molar refractivity (Wildman–Crippen MR) is 107 cm³/mol. The van der Waals surface area contributed by atoms with Gasteiger partial charge < -0.3 is 15.2 Å². The molecule has 0 atom stereocenters. The zero-order chi connectivity index (χ0) is 18.6. The molecule has 0 radical (unpaired) electrons. The number of nitrogens with zero attached hydrogens (tertiary/aromatic N) is 3. The van der Waals surface area contributed by atoms with Crippen molar-refractivity contribution in [3.8, 4) is 0 Å². The Morgan fingerprint density at radius 1 is 1.22 bits per heavy atom. The fourth-order valence-corrected chi connectivity index (χ4v) is 3.58. The monoisotopic (exact) mass is 363 g/mol. The van der Waals surface area contributed by atoms with Crippen LogP contribution in [0.5, 0.6) is 0 Å². The van der Waals surface area contributed by atoms with Crippen molar-refractivity contribution in [2.45, 2.75) is 26.2 Å². The molecule has 1 saturated heterocycles. The number of aromatic nitrogens is 3. The molecule has 2 aromatic heterocycles. The highest BCUT2D eigenvalue weighted by molar-refractivity contribution is 5.92. The van der Waals surface area contributed by atoms with Gasteiger partial charge in [-0.3, -0.25) is 4.79 Å². The molecule has 0 bridgehead atoms.